The maximum atomic E-state index is 9.88. The van der Waals surface area contributed by atoms with Crippen LogP contribution in [-0.2, 0) is 24.5 Å². The van der Waals surface area contributed by atoms with E-state index >= 15 is 0 Å². The van der Waals surface area contributed by atoms with Crippen molar-refractivity contribution < 1.29 is 22.9 Å². The molecule has 1 fully saturated rings. The summed E-state index contributed by atoms with van der Waals surface area (Å²) < 4.78 is 13.5. The Kier molecular flexibility index (Phi) is 4.10. The normalized spacial score (nSPS) is 34.1. The molecule has 2 unspecified atom stereocenters. The van der Waals surface area contributed by atoms with E-state index in [1.54, 1.807) is 13.8 Å². The Morgan fingerprint density at radius 3 is 2.07 bits per heavy atom. The summed E-state index contributed by atoms with van der Waals surface area (Å²) in [6.07, 6.45) is -0.890. The van der Waals surface area contributed by atoms with E-state index in [0.717, 1.165) is 0 Å². The van der Waals surface area contributed by atoms with Crippen LogP contribution in [0.15, 0.2) is 0 Å². The first-order chi connectivity index (χ1) is 6.73. The molecule has 1 aliphatic rings. The number of hydrogen-bond acceptors (Lipinski definition) is 6. The van der Waals surface area contributed by atoms with Crippen molar-refractivity contribution in [1.29, 1.82) is 0 Å². The molecule has 0 spiro atoms. The van der Waals surface area contributed by atoms with Gasteiger partial charge in [0.05, 0.1) is 36.4 Å². The Labute approximate surface area is 103 Å². The lowest BCUT2D eigenvalue weighted by Gasteiger charge is -2.17. The monoisotopic (exact) mass is 296 g/mol. The third kappa shape index (κ3) is 2.34. The van der Waals surface area contributed by atoms with Gasteiger partial charge in [-0.05, 0) is 11.8 Å². The van der Waals surface area contributed by atoms with E-state index in [1.165, 1.54) is 0 Å². The number of hydrogen-bond donors (Lipinski definition) is 2. The van der Waals surface area contributed by atoms with Crippen molar-refractivity contribution in [3.05, 3.63) is 0 Å². The molecule has 5 nitrogen and oxygen atoms in total. The van der Waals surface area contributed by atoms with Gasteiger partial charge in [0.2, 0.25) is 0 Å². The van der Waals surface area contributed by atoms with E-state index in [2.05, 4.69) is 8.15 Å². The minimum Gasteiger partial charge on any atom is -0.389 e. The standard InChI is InChI=1S/C6H11Cl2O5PS/c1-5(2)4(9)6(5,10)3-11-14(15,12-7)13-8/h4,9-10H,3H2,1-2H3. The fourth-order valence-corrected chi connectivity index (χ4v) is 2.40. The average molecular weight is 297 g/mol. The molecular weight excluding hydrogens is 286 g/mol. The van der Waals surface area contributed by atoms with Crippen molar-refractivity contribution in [2.75, 3.05) is 6.61 Å². The largest absolute Gasteiger partial charge is 0.389 e. The van der Waals surface area contributed by atoms with Gasteiger partial charge in [-0.3, -0.25) is 0 Å². The Balaban J connectivity index is 2.56. The molecule has 0 aromatic carbocycles. The van der Waals surface area contributed by atoms with Crippen LogP contribution in [0.25, 0.3) is 0 Å². The maximum Gasteiger partial charge on any atom is 0.360 e. The molecule has 2 N–H and O–H groups in total. The van der Waals surface area contributed by atoms with Gasteiger partial charge in [0.25, 0.3) is 0 Å². The fourth-order valence-electron chi connectivity index (χ4n) is 1.29. The highest BCUT2D eigenvalue weighted by Crippen LogP contribution is 2.59. The zero-order valence-electron chi connectivity index (χ0n) is 8.02. The molecule has 1 rings (SSSR count). The third-order valence-corrected chi connectivity index (χ3v) is 5.91. The first kappa shape index (κ1) is 14.1. The Morgan fingerprint density at radius 1 is 1.40 bits per heavy atom. The fraction of sp³-hybridized carbons (Fsp3) is 1.00. The van der Waals surface area contributed by atoms with Crippen LogP contribution in [0.5, 0.6) is 0 Å². The number of halogens is 2. The highest BCUT2D eigenvalue weighted by Gasteiger charge is 2.71. The summed E-state index contributed by atoms with van der Waals surface area (Å²) in [5, 5.41) is 19.3. The van der Waals surface area contributed by atoms with Crippen LogP contribution in [0, 0.1) is 5.41 Å². The van der Waals surface area contributed by atoms with Crippen molar-refractivity contribution in [3.8, 4) is 0 Å². The molecule has 15 heavy (non-hydrogen) atoms. The van der Waals surface area contributed by atoms with Gasteiger partial charge in [0.1, 0.15) is 5.60 Å². The number of rotatable bonds is 5. The lowest BCUT2D eigenvalue weighted by molar-refractivity contribution is 0.0280. The molecule has 0 saturated heterocycles. The molecule has 0 aromatic rings. The first-order valence-corrected chi connectivity index (χ1v) is 7.16. The maximum absolute atomic E-state index is 9.88. The Bertz CT molecular complexity index is 293. The lowest BCUT2D eigenvalue weighted by Crippen LogP contribution is -2.24. The van der Waals surface area contributed by atoms with E-state index in [4.69, 9.17) is 40.1 Å². The minimum atomic E-state index is -3.23. The van der Waals surface area contributed by atoms with E-state index in [1.807, 2.05) is 0 Å². The predicted molar refractivity (Wildman–Crippen MR) is 58.9 cm³/mol. The SMILES string of the molecule is CC1(C)C(O)C1(O)COP(=S)(OCl)OCl. The van der Waals surface area contributed by atoms with Crippen LogP contribution in [0.4, 0.5) is 0 Å². The zero-order chi connectivity index (χ0) is 11.9. The van der Waals surface area contributed by atoms with Crippen molar-refractivity contribution in [2.24, 2.45) is 5.41 Å². The quantitative estimate of drug-likeness (QED) is 0.753. The molecule has 0 aliphatic heterocycles. The van der Waals surface area contributed by atoms with E-state index in [-0.39, 0.29) is 6.61 Å². The topological polar surface area (TPSA) is 68.2 Å². The van der Waals surface area contributed by atoms with Crippen molar-refractivity contribution >= 4 is 42.3 Å². The van der Waals surface area contributed by atoms with Crippen LogP contribution in [0.3, 0.4) is 0 Å². The third-order valence-electron chi connectivity index (χ3n) is 2.78. The summed E-state index contributed by atoms with van der Waals surface area (Å²) in [6.45, 7) is -0.103. The van der Waals surface area contributed by atoms with Crippen LogP contribution in [-0.4, -0.2) is 28.5 Å². The summed E-state index contributed by atoms with van der Waals surface area (Å²) in [7, 11) is 0. The summed E-state index contributed by atoms with van der Waals surface area (Å²) in [5.41, 5.74) is -2.03. The highest BCUT2D eigenvalue weighted by atomic mass is 35.5. The zero-order valence-corrected chi connectivity index (χ0v) is 11.2. The summed E-state index contributed by atoms with van der Waals surface area (Å²) in [5.74, 6) is 0. The summed E-state index contributed by atoms with van der Waals surface area (Å²) >= 11 is 14.8. The molecule has 1 saturated carbocycles. The smallest absolute Gasteiger partial charge is 0.360 e. The van der Waals surface area contributed by atoms with Crippen molar-refractivity contribution in [2.45, 2.75) is 25.6 Å². The molecule has 0 amide bonds. The van der Waals surface area contributed by atoms with Gasteiger partial charge in [-0.2, -0.15) is 8.15 Å². The van der Waals surface area contributed by atoms with Gasteiger partial charge in [-0.25, -0.2) is 0 Å². The molecule has 9 heteroatoms. The minimum absolute atomic E-state index is 0.252. The second-order valence-electron chi connectivity index (χ2n) is 3.91. The molecule has 90 valence electrons. The van der Waals surface area contributed by atoms with E-state index in [9.17, 15) is 10.2 Å². The molecule has 0 aromatic heterocycles. The molecule has 0 radical (unpaired) electrons. The van der Waals surface area contributed by atoms with Gasteiger partial charge in [-0.1, -0.05) is 13.8 Å². The molecular formula is C6H11Cl2O5PS. The second-order valence-corrected chi connectivity index (χ2v) is 7.51. The second kappa shape index (κ2) is 4.37. The summed E-state index contributed by atoms with van der Waals surface area (Å²) in [6, 6.07) is 0. The molecule has 2 atom stereocenters. The molecule has 0 heterocycles. The Hall–Kier alpha value is 1.03. The van der Waals surface area contributed by atoms with Crippen molar-refractivity contribution in [1.82, 2.24) is 0 Å². The van der Waals surface area contributed by atoms with Gasteiger partial charge in [0, 0.05) is 5.41 Å². The van der Waals surface area contributed by atoms with Gasteiger partial charge < -0.3 is 14.7 Å². The van der Waals surface area contributed by atoms with Crippen LogP contribution >= 0.6 is 30.5 Å². The predicted octanol–water partition coefficient (Wildman–Crippen LogP) is 1.70. The van der Waals surface area contributed by atoms with Crippen LogP contribution in [0.2, 0.25) is 0 Å². The Morgan fingerprint density at radius 2 is 1.80 bits per heavy atom. The van der Waals surface area contributed by atoms with Gasteiger partial charge in [0.15, 0.2) is 0 Å². The average Bonchev–Trinajstić information content (AvgIpc) is 2.60. The van der Waals surface area contributed by atoms with Crippen LogP contribution < -0.4 is 0 Å². The van der Waals surface area contributed by atoms with Gasteiger partial charge >= 0.3 is 6.72 Å². The van der Waals surface area contributed by atoms with E-state index < -0.39 is 23.8 Å². The summed E-state index contributed by atoms with van der Waals surface area (Å²) in [4.78, 5) is 0. The van der Waals surface area contributed by atoms with E-state index in [0.29, 0.717) is 0 Å². The molecule has 0 bridgehead atoms. The molecule has 1 aliphatic carbocycles. The lowest BCUT2D eigenvalue weighted by atomic mass is 10.1. The van der Waals surface area contributed by atoms with Gasteiger partial charge in [-0.15, -0.1) is 0 Å². The number of aliphatic hydroxyl groups excluding tert-OH is 1. The van der Waals surface area contributed by atoms with Crippen LogP contribution in [0.1, 0.15) is 13.8 Å². The number of aliphatic hydroxyl groups is 2. The first-order valence-electron chi connectivity index (χ1n) is 3.99. The van der Waals surface area contributed by atoms with Crippen molar-refractivity contribution in [3.63, 3.8) is 0 Å². The highest BCUT2D eigenvalue weighted by molar-refractivity contribution is 8.08.